The molecule has 1 amide bonds. The number of carbonyl (C=O) groups excluding carboxylic acids is 1. The third-order valence-corrected chi connectivity index (χ3v) is 3.52. The summed E-state index contributed by atoms with van der Waals surface area (Å²) in [4.78, 5) is 14.3. The van der Waals surface area contributed by atoms with E-state index in [0.717, 1.165) is 13.0 Å². The Morgan fingerprint density at radius 2 is 2.43 bits per heavy atom. The Balaban J connectivity index is 2.09. The summed E-state index contributed by atoms with van der Waals surface area (Å²) >= 11 is 7.08. The highest BCUT2D eigenvalue weighted by atomic mass is 35.5. The minimum absolute atomic E-state index is 0.0508. The van der Waals surface area contributed by atoms with Crippen molar-refractivity contribution in [3.05, 3.63) is 21.3 Å². The summed E-state index contributed by atoms with van der Waals surface area (Å²) in [6, 6.07) is 3.64. The first-order valence-corrected chi connectivity index (χ1v) is 5.66. The molecule has 1 aromatic heterocycles. The summed E-state index contributed by atoms with van der Waals surface area (Å²) < 4.78 is 0.650. The van der Waals surface area contributed by atoms with Crippen LogP contribution in [0.25, 0.3) is 0 Å². The number of amides is 1. The SMILES string of the molecule is N[C@H]1CCN(C(=O)c2ccc(Cl)s2)C1. The fourth-order valence-corrected chi connectivity index (χ4v) is 2.57. The second-order valence-electron chi connectivity index (χ2n) is 3.40. The highest BCUT2D eigenvalue weighted by Crippen LogP contribution is 2.23. The van der Waals surface area contributed by atoms with E-state index in [1.807, 2.05) is 0 Å². The van der Waals surface area contributed by atoms with Crippen LogP contribution in [-0.2, 0) is 0 Å². The Labute approximate surface area is 91.5 Å². The van der Waals surface area contributed by atoms with Gasteiger partial charge in [-0.15, -0.1) is 11.3 Å². The molecular formula is C9H11ClN2OS. The number of likely N-dealkylation sites (tertiary alicyclic amines) is 1. The smallest absolute Gasteiger partial charge is 0.264 e. The molecule has 0 radical (unpaired) electrons. The van der Waals surface area contributed by atoms with E-state index in [1.54, 1.807) is 17.0 Å². The van der Waals surface area contributed by atoms with E-state index >= 15 is 0 Å². The van der Waals surface area contributed by atoms with Crippen LogP contribution in [0.15, 0.2) is 12.1 Å². The molecule has 0 unspecified atom stereocenters. The average molecular weight is 231 g/mol. The van der Waals surface area contributed by atoms with Crippen molar-refractivity contribution < 1.29 is 4.79 Å². The van der Waals surface area contributed by atoms with Crippen molar-refractivity contribution >= 4 is 28.8 Å². The van der Waals surface area contributed by atoms with E-state index in [4.69, 9.17) is 17.3 Å². The number of nitrogens with two attached hydrogens (primary N) is 1. The molecule has 3 nitrogen and oxygen atoms in total. The van der Waals surface area contributed by atoms with Crippen LogP contribution in [0.1, 0.15) is 16.1 Å². The van der Waals surface area contributed by atoms with E-state index in [-0.39, 0.29) is 11.9 Å². The van der Waals surface area contributed by atoms with E-state index in [1.165, 1.54) is 11.3 Å². The number of hydrogen-bond acceptors (Lipinski definition) is 3. The van der Waals surface area contributed by atoms with Crippen molar-refractivity contribution in [2.24, 2.45) is 5.73 Å². The number of thiophene rings is 1. The molecule has 0 aromatic carbocycles. The molecule has 0 saturated carbocycles. The van der Waals surface area contributed by atoms with Gasteiger partial charge < -0.3 is 10.6 Å². The lowest BCUT2D eigenvalue weighted by molar-refractivity contribution is 0.0795. The molecule has 0 bridgehead atoms. The van der Waals surface area contributed by atoms with Crippen molar-refractivity contribution in [3.63, 3.8) is 0 Å². The normalized spacial score (nSPS) is 21.6. The quantitative estimate of drug-likeness (QED) is 0.796. The minimum atomic E-state index is 0.0508. The van der Waals surface area contributed by atoms with Crippen molar-refractivity contribution in [1.82, 2.24) is 4.90 Å². The van der Waals surface area contributed by atoms with E-state index in [2.05, 4.69) is 0 Å². The lowest BCUT2D eigenvalue weighted by atomic mass is 10.3. The van der Waals surface area contributed by atoms with Gasteiger partial charge in [-0.05, 0) is 18.6 Å². The molecule has 14 heavy (non-hydrogen) atoms. The second-order valence-corrected chi connectivity index (χ2v) is 5.12. The van der Waals surface area contributed by atoms with Gasteiger partial charge in [0.15, 0.2) is 0 Å². The molecule has 1 aliphatic heterocycles. The Bertz CT molecular complexity index is 352. The Kier molecular flexibility index (Phi) is 2.76. The predicted octanol–water partition coefficient (Wildman–Crippen LogP) is 1.57. The van der Waals surface area contributed by atoms with Gasteiger partial charge in [0.05, 0.1) is 9.21 Å². The Morgan fingerprint density at radius 1 is 1.64 bits per heavy atom. The molecule has 76 valence electrons. The summed E-state index contributed by atoms with van der Waals surface area (Å²) in [6.45, 7) is 1.42. The van der Waals surface area contributed by atoms with Gasteiger partial charge in [0.25, 0.3) is 5.91 Å². The first-order valence-electron chi connectivity index (χ1n) is 4.47. The molecule has 1 atom stereocenters. The molecular weight excluding hydrogens is 220 g/mol. The van der Waals surface area contributed by atoms with Crippen LogP contribution in [0.3, 0.4) is 0 Å². The van der Waals surface area contributed by atoms with Gasteiger partial charge >= 0.3 is 0 Å². The van der Waals surface area contributed by atoms with Gasteiger partial charge in [-0.25, -0.2) is 0 Å². The van der Waals surface area contributed by atoms with Crippen LogP contribution in [0.4, 0.5) is 0 Å². The van der Waals surface area contributed by atoms with Crippen molar-refractivity contribution in [2.45, 2.75) is 12.5 Å². The highest BCUT2D eigenvalue weighted by molar-refractivity contribution is 7.17. The van der Waals surface area contributed by atoms with Crippen LogP contribution in [0.5, 0.6) is 0 Å². The second kappa shape index (κ2) is 3.88. The van der Waals surface area contributed by atoms with Gasteiger partial charge in [0.1, 0.15) is 0 Å². The third kappa shape index (κ3) is 1.92. The first kappa shape index (κ1) is 9.96. The number of nitrogens with zero attached hydrogens (tertiary/aromatic N) is 1. The molecule has 0 aliphatic carbocycles. The van der Waals surface area contributed by atoms with Crippen LogP contribution >= 0.6 is 22.9 Å². The number of hydrogen-bond donors (Lipinski definition) is 1. The molecule has 2 rings (SSSR count). The van der Waals surface area contributed by atoms with Gasteiger partial charge in [-0.2, -0.15) is 0 Å². The van der Waals surface area contributed by atoms with Crippen LogP contribution in [0.2, 0.25) is 4.34 Å². The van der Waals surface area contributed by atoms with Crippen molar-refractivity contribution in [2.75, 3.05) is 13.1 Å². The predicted molar refractivity (Wildman–Crippen MR) is 57.8 cm³/mol. The summed E-state index contributed by atoms with van der Waals surface area (Å²) in [5.74, 6) is 0.0508. The third-order valence-electron chi connectivity index (χ3n) is 2.30. The summed E-state index contributed by atoms with van der Waals surface area (Å²) in [6.07, 6.45) is 0.894. The molecule has 1 fully saturated rings. The molecule has 0 spiro atoms. The summed E-state index contributed by atoms with van der Waals surface area (Å²) in [5.41, 5.74) is 5.73. The van der Waals surface area contributed by atoms with E-state index in [0.29, 0.717) is 15.8 Å². The van der Waals surface area contributed by atoms with Gasteiger partial charge in [0.2, 0.25) is 0 Å². The molecule has 2 N–H and O–H groups in total. The number of rotatable bonds is 1. The molecule has 5 heteroatoms. The fourth-order valence-electron chi connectivity index (χ4n) is 1.56. The summed E-state index contributed by atoms with van der Waals surface area (Å²) in [5, 5.41) is 0. The van der Waals surface area contributed by atoms with Crippen LogP contribution in [0, 0.1) is 0 Å². The lowest BCUT2D eigenvalue weighted by Crippen LogP contribution is -2.31. The highest BCUT2D eigenvalue weighted by Gasteiger charge is 2.25. The van der Waals surface area contributed by atoms with Gasteiger partial charge in [-0.1, -0.05) is 11.6 Å². The van der Waals surface area contributed by atoms with Crippen LogP contribution < -0.4 is 5.73 Å². The molecule has 1 saturated heterocycles. The maximum atomic E-state index is 11.8. The Morgan fingerprint density at radius 3 is 2.93 bits per heavy atom. The number of halogens is 1. The van der Waals surface area contributed by atoms with Crippen molar-refractivity contribution in [3.8, 4) is 0 Å². The maximum absolute atomic E-state index is 11.8. The Hall–Kier alpha value is -0.580. The minimum Gasteiger partial charge on any atom is -0.336 e. The van der Waals surface area contributed by atoms with Gasteiger partial charge in [-0.3, -0.25) is 4.79 Å². The van der Waals surface area contributed by atoms with E-state index in [9.17, 15) is 4.79 Å². The lowest BCUT2D eigenvalue weighted by Gasteiger charge is -2.13. The summed E-state index contributed by atoms with van der Waals surface area (Å²) in [7, 11) is 0. The van der Waals surface area contributed by atoms with Crippen LogP contribution in [-0.4, -0.2) is 29.9 Å². The van der Waals surface area contributed by atoms with Gasteiger partial charge in [0, 0.05) is 19.1 Å². The molecule has 1 aromatic rings. The standard InChI is InChI=1S/C9H11ClN2OS/c10-8-2-1-7(14-8)9(13)12-4-3-6(11)5-12/h1-2,6H,3-5,11H2/t6-/m0/s1. The average Bonchev–Trinajstić information content (AvgIpc) is 2.73. The first-order chi connectivity index (χ1) is 6.66. The fraction of sp³-hybridized carbons (Fsp3) is 0.444. The molecule has 2 heterocycles. The zero-order valence-electron chi connectivity index (χ0n) is 7.57. The largest absolute Gasteiger partial charge is 0.336 e. The zero-order chi connectivity index (χ0) is 10.1. The monoisotopic (exact) mass is 230 g/mol. The zero-order valence-corrected chi connectivity index (χ0v) is 9.14. The van der Waals surface area contributed by atoms with Crippen molar-refractivity contribution in [1.29, 1.82) is 0 Å². The van der Waals surface area contributed by atoms with E-state index < -0.39 is 0 Å². The molecule has 1 aliphatic rings. The topological polar surface area (TPSA) is 46.3 Å². The maximum Gasteiger partial charge on any atom is 0.264 e. The number of carbonyl (C=O) groups is 1.